The Morgan fingerprint density at radius 1 is 1.00 bits per heavy atom. The molecule has 28 heavy (non-hydrogen) atoms. The maximum Gasteiger partial charge on any atom is 0.409 e. The molecule has 0 radical (unpaired) electrons. The van der Waals surface area contributed by atoms with Crippen molar-refractivity contribution in [2.24, 2.45) is 11.8 Å². The molecule has 2 aliphatic heterocycles. The number of piperidine rings is 2. The molecule has 0 saturated carbocycles. The zero-order valence-electron chi connectivity index (χ0n) is 17.0. The van der Waals surface area contributed by atoms with E-state index in [4.69, 9.17) is 4.74 Å². The van der Waals surface area contributed by atoms with Crippen molar-refractivity contribution in [3.8, 4) is 0 Å². The van der Waals surface area contributed by atoms with Crippen LogP contribution in [0.1, 0.15) is 39.0 Å². The van der Waals surface area contributed by atoms with Crippen molar-refractivity contribution >= 4 is 21.6 Å². The van der Waals surface area contributed by atoms with Crippen LogP contribution in [0, 0.1) is 11.8 Å². The fourth-order valence-electron chi connectivity index (χ4n) is 4.37. The Bertz CT molecular complexity index is 747. The second kappa shape index (κ2) is 9.16. The van der Waals surface area contributed by atoms with E-state index >= 15 is 0 Å². The van der Waals surface area contributed by atoms with Gasteiger partial charge in [-0.15, -0.1) is 0 Å². The molecule has 1 aromatic rings. The fraction of sp³-hybridized carbons (Fsp3) is 0.667. The molecule has 2 saturated heterocycles. The molecule has 7 heteroatoms. The molecule has 2 aliphatic rings. The first-order valence-corrected chi connectivity index (χ1v) is 12.2. The van der Waals surface area contributed by atoms with Gasteiger partial charge in [0.05, 0.1) is 11.5 Å². The summed E-state index contributed by atoms with van der Waals surface area (Å²) in [6.07, 6.45) is 6.37. The molecule has 0 bridgehead atoms. The van der Waals surface area contributed by atoms with Gasteiger partial charge in [0.1, 0.15) is 0 Å². The summed E-state index contributed by atoms with van der Waals surface area (Å²) in [6.45, 7) is 6.12. The van der Waals surface area contributed by atoms with Crippen LogP contribution in [0.25, 0.3) is 0 Å². The smallest absolute Gasteiger partial charge is 0.409 e. The van der Waals surface area contributed by atoms with Gasteiger partial charge in [-0.05, 0) is 68.2 Å². The van der Waals surface area contributed by atoms with Gasteiger partial charge in [-0.2, -0.15) is 0 Å². The summed E-state index contributed by atoms with van der Waals surface area (Å²) in [5.41, 5.74) is 1.10. The van der Waals surface area contributed by atoms with Crippen LogP contribution in [0.5, 0.6) is 0 Å². The lowest BCUT2D eigenvalue weighted by atomic mass is 9.79. The third kappa shape index (κ3) is 5.19. The molecule has 2 fully saturated rings. The van der Waals surface area contributed by atoms with Crippen LogP contribution in [0.3, 0.4) is 0 Å². The average molecular weight is 409 g/mol. The summed E-state index contributed by atoms with van der Waals surface area (Å²) in [6, 6.07) is 7.22. The minimum absolute atomic E-state index is 0.160. The largest absolute Gasteiger partial charge is 0.449 e. The molecule has 3 rings (SSSR count). The molecule has 0 N–H and O–H groups in total. The molecule has 156 valence electrons. The van der Waals surface area contributed by atoms with E-state index in [1.807, 2.05) is 24.0 Å². The van der Waals surface area contributed by atoms with E-state index in [1.54, 1.807) is 12.1 Å². The number of anilines is 1. The zero-order chi connectivity index (χ0) is 20.1. The van der Waals surface area contributed by atoms with E-state index in [9.17, 15) is 13.2 Å². The highest BCUT2D eigenvalue weighted by molar-refractivity contribution is 7.90. The lowest BCUT2D eigenvalue weighted by molar-refractivity contribution is 0.0779. The zero-order valence-corrected chi connectivity index (χ0v) is 17.8. The van der Waals surface area contributed by atoms with Crippen LogP contribution >= 0.6 is 0 Å². The number of carbonyl (C=O) groups excluding carboxylic acids is 1. The van der Waals surface area contributed by atoms with E-state index in [1.165, 1.54) is 6.26 Å². The monoisotopic (exact) mass is 408 g/mol. The van der Waals surface area contributed by atoms with Crippen molar-refractivity contribution in [2.75, 3.05) is 43.9 Å². The van der Waals surface area contributed by atoms with Gasteiger partial charge in [-0.3, -0.25) is 0 Å². The van der Waals surface area contributed by atoms with Gasteiger partial charge < -0.3 is 14.5 Å². The van der Waals surface area contributed by atoms with Gasteiger partial charge in [-0.1, -0.05) is 6.92 Å². The van der Waals surface area contributed by atoms with Crippen LogP contribution in [0.15, 0.2) is 29.2 Å². The summed E-state index contributed by atoms with van der Waals surface area (Å²) >= 11 is 0. The SMILES string of the molecule is CCCOC(=O)N1CCC(C2CCN(c3ccc(S(C)(=O)=O)cc3)CC2)CC1. The fourth-order valence-corrected chi connectivity index (χ4v) is 5.00. The minimum Gasteiger partial charge on any atom is -0.449 e. The van der Waals surface area contributed by atoms with Gasteiger partial charge in [0.25, 0.3) is 0 Å². The van der Waals surface area contributed by atoms with Gasteiger partial charge >= 0.3 is 6.09 Å². The standard InChI is InChI=1S/C21H32N2O4S/c1-3-16-27-21(24)23-14-10-18(11-15-23)17-8-12-22(13-9-17)19-4-6-20(7-5-19)28(2,25)26/h4-7,17-18H,3,8-16H2,1-2H3. The second-order valence-electron chi connectivity index (χ2n) is 8.03. The lowest BCUT2D eigenvalue weighted by Gasteiger charge is -2.40. The number of rotatable bonds is 5. The van der Waals surface area contributed by atoms with Crippen molar-refractivity contribution in [2.45, 2.75) is 43.9 Å². The highest BCUT2D eigenvalue weighted by Crippen LogP contribution is 2.34. The Morgan fingerprint density at radius 2 is 1.54 bits per heavy atom. The molecule has 0 aliphatic carbocycles. The van der Waals surface area contributed by atoms with E-state index in [-0.39, 0.29) is 6.09 Å². The van der Waals surface area contributed by atoms with E-state index in [0.717, 1.165) is 64.0 Å². The highest BCUT2D eigenvalue weighted by Gasteiger charge is 2.31. The summed E-state index contributed by atoms with van der Waals surface area (Å²) in [7, 11) is -3.15. The molecular weight excluding hydrogens is 376 g/mol. The van der Waals surface area contributed by atoms with Gasteiger partial charge in [0.2, 0.25) is 0 Å². The summed E-state index contributed by atoms with van der Waals surface area (Å²) in [4.78, 5) is 16.6. The number of likely N-dealkylation sites (tertiary alicyclic amines) is 1. The molecule has 0 aromatic heterocycles. The molecule has 1 amide bonds. The summed E-state index contributed by atoms with van der Waals surface area (Å²) in [5.74, 6) is 1.39. The van der Waals surface area contributed by atoms with Crippen LogP contribution < -0.4 is 4.90 Å². The third-order valence-electron chi connectivity index (χ3n) is 6.06. The Balaban J connectivity index is 1.46. The van der Waals surface area contributed by atoms with Crippen LogP contribution in [0.4, 0.5) is 10.5 Å². The number of carbonyl (C=O) groups is 1. The van der Waals surface area contributed by atoms with Crippen molar-refractivity contribution in [1.29, 1.82) is 0 Å². The van der Waals surface area contributed by atoms with E-state index in [0.29, 0.717) is 23.3 Å². The first-order valence-electron chi connectivity index (χ1n) is 10.3. The molecular formula is C21H32N2O4S. The molecule has 0 unspecified atom stereocenters. The van der Waals surface area contributed by atoms with Gasteiger partial charge in [0, 0.05) is 38.1 Å². The first kappa shape index (κ1) is 21.0. The topological polar surface area (TPSA) is 66.9 Å². The number of amides is 1. The second-order valence-corrected chi connectivity index (χ2v) is 10.0. The number of hydrogen-bond acceptors (Lipinski definition) is 5. The molecule has 6 nitrogen and oxygen atoms in total. The van der Waals surface area contributed by atoms with Crippen LogP contribution in [-0.2, 0) is 14.6 Å². The third-order valence-corrected chi connectivity index (χ3v) is 7.19. The quantitative estimate of drug-likeness (QED) is 0.745. The molecule has 0 atom stereocenters. The highest BCUT2D eigenvalue weighted by atomic mass is 32.2. The van der Waals surface area contributed by atoms with Crippen molar-refractivity contribution in [3.63, 3.8) is 0 Å². The predicted octanol–water partition coefficient (Wildman–Crippen LogP) is 3.57. The van der Waals surface area contributed by atoms with Crippen LogP contribution in [0.2, 0.25) is 0 Å². The normalized spacial score (nSPS) is 19.6. The summed E-state index contributed by atoms with van der Waals surface area (Å²) in [5, 5.41) is 0. The number of benzene rings is 1. The Hall–Kier alpha value is -1.76. The number of nitrogens with zero attached hydrogens (tertiary/aromatic N) is 2. The Morgan fingerprint density at radius 3 is 2.04 bits per heavy atom. The summed E-state index contributed by atoms with van der Waals surface area (Å²) < 4.78 is 28.5. The number of ether oxygens (including phenoxy) is 1. The average Bonchev–Trinajstić information content (AvgIpc) is 2.72. The van der Waals surface area contributed by atoms with Gasteiger partial charge in [0.15, 0.2) is 9.84 Å². The predicted molar refractivity (Wildman–Crippen MR) is 110 cm³/mol. The maximum atomic E-state index is 12.0. The van der Waals surface area contributed by atoms with Crippen molar-refractivity contribution < 1.29 is 17.9 Å². The van der Waals surface area contributed by atoms with E-state index < -0.39 is 9.84 Å². The molecule has 2 heterocycles. The molecule has 0 spiro atoms. The number of hydrogen-bond donors (Lipinski definition) is 0. The lowest BCUT2D eigenvalue weighted by Crippen LogP contribution is -2.43. The Labute approximate surface area is 168 Å². The first-order chi connectivity index (χ1) is 13.4. The van der Waals surface area contributed by atoms with E-state index in [2.05, 4.69) is 4.90 Å². The Kier molecular flexibility index (Phi) is 6.86. The maximum absolute atomic E-state index is 12.0. The van der Waals surface area contributed by atoms with Crippen LogP contribution in [-0.4, -0.2) is 58.5 Å². The molecule has 1 aromatic carbocycles. The van der Waals surface area contributed by atoms with Crippen molar-refractivity contribution in [1.82, 2.24) is 4.90 Å². The number of sulfone groups is 1. The minimum atomic E-state index is -3.15. The van der Waals surface area contributed by atoms with Crippen molar-refractivity contribution in [3.05, 3.63) is 24.3 Å². The van der Waals surface area contributed by atoms with Gasteiger partial charge in [-0.25, -0.2) is 13.2 Å².